The molecule has 0 spiro atoms. The smallest absolute Gasteiger partial charge is 0.132 e. The van der Waals surface area contributed by atoms with Crippen LogP contribution in [-0.4, -0.2) is 10.1 Å². The fourth-order valence-electron chi connectivity index (χ4n) is 3.99. The molecule has 2 N–H and O–H groups in total. The molecular weight excluding hydrogens is 344 g/mol. The number of fused-ring (bicyclic) bond motifs is 1. The number of nitrogens with one attached hydrogen (secondary N) is 1. The number of nitriles is 1. The lowest BCUT2D eigenvalue weighted by atomic mass is 9.70. The maximum absolute atomic E-state index is 10.5. The highest BCUT2D eigenvalue weighted by atomic mass is 16.3. The van der Waals surface area contributed by atoms with Crippen molar-refractivity contribution in [1.29, 1.82) is 5.26 Å². The van der Waals surface area contributed by atoms with E-state index in [9.17, 15) is 10.4 Å². The van der Waals surface area contributed by atoms with Crippen molar-refractivity contribution in [3.8, 4) is 11.8 Å². The molecule has 1 heterocycles. The van der Waals surface area contributed by atoms with Crippen molar-refractivity contribution in [2.75, 3.05) is 0 Å². The van der Waals surface area contributed by atoms with Crippen molar-refractivity contribution in [2.24, 2.45) is 0 Å². The molecule has 28 heavy (non-hydrogen) atoms. The fourth-order valence-corrected chi connectivity index (χ4v) is 3.99. The quantitative estimate of drug-likeness (QED) is 0.460. The molecule has 4 rings (SSSR count). The molecule has 1 unspecified atom stereocenters. The number of hydrogen-bond donors (Lipinski definition) is 2. The molecule has 138 valence electrons. The summed E-state index contributed by atoms with van der Waals surface area (Å²) in [7, 11) is 0. The van der Waals surface area contributed by atoms with Gasteiger partial charge >= 0.3 is 0 Å². The van der Waals surface area contributed by atoms with Crippen LogP contribution >= 0.6 is 0 Å². The van der Waals surface area contributed by atoms with E-state index in [2.05, 4.69) is 43.1 Å². The average Bonchev–Trinajstić information content (AvgIpc) is 2.98. The number of phenolic OH excluding ortho intramolecular Hbond substituents is 1. The van der Waals surface area contributed by atoms with Crippen molar-refractivity contribution < 1.29 is 5.11 Å². The molecular formula is C25H22N2O. The SMILES string of the molecule is Cc1cccc(C(C#N)(c2ccc(O)cc2)c2ccc3c(C)c(C)[nH]c3c2)c1. The van der Waals surface area contributed by atoms with E-state index in [1.165, 1.54) is 10.9 Å². The summed E-state index contributed by atoms with van der Waals surface area (Å²) < 4.78 is 0. The molecule has 0 fully saturated rings. The summed E-state index contributed by atoms with van der Waals surface area (Å²) in [5.41, 5.74) is 6.17. The molecule has 4 aromatic rings. The van der Waals surface area contributed by atoms with Crippen LogP contribution in [0.5, 0.6) is 5.75 Å². The second-order valence-electron chi connectivity index (χ2n) is 7.41. The van der Waals surface area contributed by atoms with Crippen molar-refractivity contribution in [3.05, 3.63) is 100 Å². The first-order chi connectivity index (χ1) is 13.5. The van der Waals surface area contributed by atoms with Crippen LogP contribution in [0.15, 0.2) is 66.7 Å². The van der Waals surface area contributed by atoms with E-state index in [1.54, 1.807) is 12.1 Å². The number of benzene rings is 3. The standard InChI is InChI=1S/C25H22N2O/c1-16-5-4-6-20(13-16)25(15-26,19-7-10-22(28)11-8-19)21-9-12-23-17(2)18(3)27-24(23)14-21/h4-14,27-28H,1-3H3. The molecule has 0 bridgehead atoms. The Labute approximate surface area is 164 Å². The lowest BCUT2D eigenvalue weighted by molar-refractivity contribution is 0.475. The van der Waals surface area contributed by atoms with E-state index in [0.717, 1.165) is 33.5 Å². The Hall–Kier alpha value is -3.51. The molecule has 3 aromatic carbocycles. The summed E-state index contributed by atoms with van der Waals surface area (Å²) in [6.07, 6.45) is 0. The Morgan fingerprint density at radius 3 is 2.21 bits per heavy atom. The molecule has 0 amide bonds. The summed E-state index contributed by atoms with van der Waals surface area (Å²) >= 11 is 0. The average molecular weight is 366 g/mol. The molecule has 0 radical (unpaired) electrons. The summed E-state index contributed by atoms with van der Waals surface area (Å²) in [6, 6.07) is 23.8. The number of H-pyrrole nitrogens is 1. The molecule has 3 heteroatoms. The topological polar surface area (TPSA) is 59.8 Å². The largest absolute Gasteiger partial charge is 0.508 e. The van der Waals surface area contributed by atoms with Gasteiger partial charge in [-0.15, -0.1) is 0 Å². The van der Waals surface area contributed by atoms with Crippen LogP contribution in [-0.2, 0) is 5.41 Å². The van der Waals surface area contributed by atoms with Crippen molar-refractivity contribution >= 4 is 10.9 Å². The Kier molecular flexibility index (Phi) is 4.20. The van der Waals surface area contributed by atoms with Crippen LogP contribution in [0.1, 0.15) is 33.5 Å². The number of hydrogen-bond acceptors (Lipinski definition) is 2. The minimum Gasteiger partial charge on any atom is -0.508 e. The van der Waals surface area contributed by atoms with Gasteiger partial charge in [-0.1, -0.05) is 54.1 Å². The number of phenols is 1. The minimum absolute atomic E-state index is 0.186. The summed E-state index contributed by atoms with van der Waals surface area (Å²) in [5.74, 6) is 0.186. The van der Waals surface area contributed by atoms with Crippen molar-refractivity contribution in [1.82, 2.24) is 4.98 Å². The lowest BCUT2D eigenvalue weighted by Gasteiger charge is -2.29. The molecule has 3 nitrogen and oxygen atoms in total. The molecule has 0 aliphatic heterocycles. The van der Waals surface area contributed by atoms with Gasteiger partial charge in [0.2, 0.25) is 0 Å². The molecule has 1 atom stereocenters. The first-order valence-electron chi connectivity index (χ1n) is 9.33. The van der Waals surface area contributed by atoms with Gasteiger partial charge in [0.25, 0.3) is 0 Å². The predicted molar refractivity (Wildman–Crippen MR) is 113 cm³/mol. The van der Waals surface area contributed by atoms with Crippen LogP contribution in [0, 0.1) is 32.1 Å². The van der Waals surface area contributed by atoms with Crippen LogP contribution in [0.3, 0.4) is 0 Å². The lowest BCUT2D eigenvalue weighted by Crippen LogP contribution is -2.27. The Morgan fingerprint density at radius 1 is 0.857 bits per heavy atom. The zero-order valence-electron chi connectivity index (χ0n) is 16.2. The Morgan fingerprint density at radius 2 is 1.54 bits per heavy atom. The zero-order chi connectivity index (χ0) is 19.9. The fraction of sp³-hybridized carbons (Fsp3) is 0.160. The third-order valence-corrected chi connectivity index (χ3v) is 5.66. The van der Waals surface area contributed by atoms with E-state index >= 15 is 0 Å². The van der Waals surface area contributed by atoms with Gasteiger partial charge in [0.15, 0.2) is 0 Å². The monoisotopic (exact) mass is 366 g/mol. The van der Waals surface area contributed by atoms with Crippen molar-refractivity contribution in [2.45, 2.75) is 26.2 Å². The number of aromatic amines is 1. The van der Waals surface area contributed by atoms with Crippen LogP contribution in [0.4, 0.5) is 0 Å². The van der Waals surface area contributed by atoms with Crippen LogP contribution in [0.2, 0.25) is 0 Å². The van der Waals surface area contributed by atoms with E-state index in [-0.39, 0.29) is 5.75 Å². The maximum Gasteiger partial charge on any atom is 0.132 e. The summed E-state index contributed by atoms with van der Waals surface area (Å²) in [5, 5.41) is 21.4. The molecule has 0 saturated carbocycles. The number of nitrogens with zero attached hydrogens (tertiary/aromatic N) is 1. The van der Waals surface area contributed by atoms with Gasteiger partial charge in [-0.3, -0.25) is 0 Å². The highest BCUT2D eigenvalue weighted by Gasteiger charge is 2.37. The normalized spacial score (nSPS) is 13.2. The predicted octanol–water partition coefficient (Wildman–Crippen LogP) is 5.66. The number of aryl methyl sites for hydroxylation is 3. The van der Waals surface area contributed by atoms with E-state index in [1.807, 2.05) is 43.3 Å². The summed E-state index contributed by atoms with van der Waals surface area (Å²) in [4.78, 5) is 3.44. The van der Waals surface area contributed by atoms with Gasteiger partial charge in [0, 0.05) is 16.6 Å². The second kappa shape index (κ2) is 6.58. The molecule has 0 aliphatic rings. The van der Waals surface area contributed by atoms with Gasteiger partial charge in [-0.25, -0.2) is 0 Å². The van der Waals surface area contributed by atoms with Crippen LogP contribution < -0.4 is 0 Å². The van der Waals surface area contributed by atoms with Gasteiger partial charge < -0.3 is 10.1 Å². The minimum atomic E-state index is -0.971. The highest BCUT2D eigenvalue weighted by molar-refractivity contribution is 5.85. The zero-order valence-corrected chi connectivity index (χ0v) is 16.2. The molecule has 0 saturated heterocycles. The van der Waals surface area contributed by atoms with E-state index < -0.39 is 5.41 Å². The highest BCUT2D eigenvalue weighted by Crippen LogP contribution is 2.41. The number of rotatable bonds is 3. The Balaban J connectivity index is 2.05. The third kappa shape index (κ3) is 2.66. The number of aromatic nitrogens is 1. The van der Waals surface area contributed by atoms with Gasteiger partial charge in [-0.2, -0.15) is 5.26 Å². The molecule has 0 aliphatic carbocycles. The summed E-state index contributed by atoms with van der Waals surface area (Å²) in [6.45, 7) is 6.20. The van der Waals surface area contributed by atoms with Gasteiger partial charge in [-0.05, 0) is 61.2 Å². The molecule has 1 aromatic heterocycles. The van der Waals surface area contributed by atoms with Crippen LogP contribution in [0.25, 0.3) is 10.9 Å². The first kappa shape index (κ1) is 17.9. The van der Waals surface area contributed by atoms with Gasteiger partial charge in [0.05, 0.1) is 6.07 Å². The maximum atomic E-state index is 10.5. The van der Waals surface area contributed by atoms with E-state index in [0.29, 0.717) is 0 Å². The Bertz CT molecular complexity index is 1210. The van der Waals surface area contributed by atoms with Gasteiger partial charge in [0.1, 0.15) is 11.2 Å². The van der Waals surface area contributed by atoms with Crippen molar-refractivity contribution in [3.63, 3.8) is 0 Å². The number of aromatic hydroxyl groups is 1. The second-order valence-corrected chi connectivity index (χ2v) is 7.41. The van der Waals surface area contributed by atoms with E-state index in [4.69, 9.17) is 0 Å². The third-order valence-electron chi connectivity index (χ3n) is 5.66. The first-order valence-corrected chi connectivity index (χ1v) is 9.33.